The normalized spacial score (nSPS) is 11.4. The Morgan fingerprint density at radius 2 is 0.810 bits per heavy atom. The highest BCUT2D eigenvalue weighted by Crippen LogP contribution is 2.42. The van der Waals surface area contributed by atoms with Gasteiger partial charge in [0.05, 0.1) is 0 Å². The summed E-state index contributed by atoms with van der Waals surface area (Å²) in [6.07, 6.45) is 0. The van der Waals surface area contributed by atoms with Crippen LogP contribution in [0, 0.1) is 0 Å². The predicted molar refractivity (Wildman–Crippen MR) is 245 cm³/mol. The van der Waals surface area contributed by atoms with E-state index in [0.29, 0.717) is 0 Å². The van der Waals surface area contributed by atoms with Gasteiger partial charge in [-0.25, -0.2) is 0 Å². The van der Waals surface area contributed by atoms with Crippen LogP contribution in [0.2, 0.25) is 0 Å². The molecule has 0 aliphatic carbocycles. The van der Waals surface area contributed by atoms with Crippen LogP contribution in [0.3, 0.4) is 0 Å². The van der Waals surface area contributed by atoms with E-state index in [9.17, 15) is 0 Å². The molecule has 0 unspecified atom stereocenters. The molecular formula is C56H37NO. The molecule has 0 amide bonds. The molecule has 0 aliphatic heterocycles. The molecule has 0 saturated heterocycles. The van der Waals surface area contributed by atoms with E-state index in [4.69, 9.17) is 4.42 Å². The maximum atomic E-state index is 6.44. The van der Waals surface area contributed by atoms with Crippen molar-refractivity contribution in [1.82, 2.24) is 0 Å². The van der Waals surface area contributed by atoms with Gasteiger partial charge in [-0.2, -0.15) is 0 Å². The van der Waals surface area contributed by atoms with Crippen molar-refractivity contribution in [3.8, 4) is 44.5 Å². The van der Waals surface area contributed by atoms with E-state index in [2.05, 4.69) is 217 Å². The van der Waals surface area contributed by atoms with Gasteiger partial charge >= 0.3 is 0 Å². The quantitative estimate of drug-likeness (QED) is 0.162. The SMILES string of the molecule is c1cc(-c2cccc(N(c3ccc(-c4cccc5c4oc4ccccc45)cc3)c3cccc(-c4cccc5ccccc45)c3)c2)cc(-c2ccc3ccccc3c2)c1. The molecule has 0 aliphatic rings. The zero-order chi connectivity index (χ0) is 38.4. The molecule has 0 fully saturated rings. The molecule has 11 rings (SSSR count). The van der Waals surface area contributed by atoms with E-state index in [0.717, 1.165) is 55.7 Å². The number of hydrogen-bond acceptors (Lipinski definition) is 2. The van der Waals surface area contributed by atoms with Crippen LogP contribution in [0.5, 0.6) is 0 Å². The maximum absolute atomic E-state index is 6.44. The number of hydrogen-bond donors (Lipinski definition) is 0. The van der Waals surface area contributed by atoms with Crippen LogP contribution in [0.1, 0.15) is 0 Å². The second-order valence-electron chi connectivity index (χ2n) is 14.9. The van der Waals surface area contributed by atoms with Gasteiger partial charge in [0.2, 0.25) is 0 Å². The third-order valence-electron chi connectivity index (χ3n) is 11.4. The average molecular weight is 740 g/mol. The van der Waals surface area contributed by atoms with Crippen LogP contribution >= 0.6 is 0 Å². The molecule has 0 bridgehead atoms. The van der Waals surface area contributed by atoms with Crippen molar-refractivity contribution in [3.05, 3.63) is 224 Å². The van der Waals surface area contributed by atoms with Crippen LogP contribution in [-0.2, 0) is 0 Å². The Balaban J connectivity index is 1.03. The van der Waals surface area contributed by atoms with Gasteiger partial charge in [0.15, 0.2) is 0 Å². The van der Waals surface area contributed by atoms with Crippen LogP contribution in [-0.4, -0.2) is 0 Å². The highest BCUT2D eigenvalue weighted by molar-refractivity contribution is 6.09. The first-order chi connectivity index (χ1) is 28.7. The zero-order valence-electron chi connectivity index (χ0n) is 31.7. The van der Waals surface area contributed by atoms with Crippen LogP contribution < -0.4 is 4.90 Å². The number of anilines is 3. The highest BCUT2D eigenvalue weighted by atomic mass is 16.3. The Bertz CT molecular complexity index is 3290. The van der Waals surface area contributed by atoms with Crippen molar-refractivity contribution in [2.75, 3.05) is 4.90 Å². The maximum Gasteiger partial charge on any atom is 0.143 e. The summed E-state index contributed by atoms with van der Waals surface area (Å²) in [6.45, 7) is 0. The van der Waals surface area contributed by atoms with E-state index in [1.807, 2.05) is 12.1 Å². The zero-order valence-corrected chi connectivity index (χ0v) is 31.7. The standard InChI is InChI=1S/C56H37NO/c1-2-14-41-34-45(29-28-38(41)12-1)43-17-7-16-42(35-43)44-18-8-20-48(36-44)57(49-21-9-19-46(37-49)51-24-10-15-39-13-3-4-22-50(39)51)47-32-30-40(31-33-47)52-25-11-26-54-53-23-5-6-27-55(53)58-56(52)54/h1-37H. The van der Waals surface area contributed by atoms with Gasteiger partial charge in [-0.1, -0.05) is 170 Å². The summed E-state index contributed by atoms with van der Waals surface area (Å²) in [6, 6.07) is 80.8. The lowest BCUT2D eigenvalue weighted by Gasteiger charge is -2.27. The van der Waals surface area contributed by atoms with Crippen molar-refractivity contribution in [2.45, 2.75) is 0 Å². The van der Waals surface area contributed by atoms with Crippen molar-refractivity contribution >= 4 is 60.5 Å². The Hall–Kier alpha value is -7.68. The minimum atomic E-state index is 0.904. The van der Waals surface area contributed by atoms with E-state index >= 15 is 0 Å². The molecular weight excluding hydrogens is 703 g/mol. The molecule has 0 atom stereocenters. The number of benzene rings is 10. The van der Waals surface area contributed by atoms with Gasteiger partial charge in [-0.05, 0) is 115 Å². The fraction of sp³-hybridized carbons (Fsp3) is 0. The summed E-state index contributed by atoms with van der Waals surface area (Å²) in [5.74, 6) is 0. The Labute approximate surface area is 337 Å². The fourth-order valence-electron chi connectivity index (χ4n) is 8.57. The van der Waals surface area contributed by atoms with Crippen LogP contribution in [0.4, 0.5) is 17.1 Å². The molecule has 10 aromatic carbocycles. The number of furan rings is 1. The summed E-state index contributed by atoms with van der Waals surface area (Å²) in [7, 11) is 0. The van der Waals surface area contributed by atoms with Gasteiger partial charge in [0, 0.05) is 33.4 Å². The second kappa shape index (κ2) is 14.1. The second-order valence-corrected chi connectivity index (χ2v) is 14.9. The highest BCUT2D eigenvalue weighted by Gasteiger charge is 2.17. The first-order valence-corrected chi connectivity index (χ1v) is 19.8. The molecule has 1 aromatic heterocycles. The molecule has 11 aromatic rings. The topological polar surface area (TPSA) is 16.4 Å². The lowest BCUT2D eigenvalue weighted by molar-refractivity contribution is 0.670. The summed E-state index contributed by atoms with van der Waals surface area (Å²) >= 11 is 0. The van der Waals surface area contributed by atoms with Gasteiger partial charge in [0.1, 0.15) is 11.2 Å². The monoisotopic (exact) mass is 739 g/mol. The molecule has 2 heteroatoms. The molecule has 58 heavy (non-hydrogen) atoms. The molecule has 2 nitrogen and oxygen atoms in total. The number of fused-ring (bicyclic) bond motifs is 5. The molecule has 0 saturated carbocycles. The van der Waals surface area contributed by atoms with Gasteiger partial charge in [-0.15, -0.1) is 0 Å². The van der Waals surface area contributed by atoms with Gasteiger partial charge in [0.25, 0.3) is 0 Å². The van der Waals surface area contributed by atoms with Crippen molar-refractivity contribution in [1.29, 1.82) is 0 Å². The first-order valence-electron chi connectivity index (χ1n) is 19.8. The lowest BCUT2D eigenvalue weighted by atomic mass is 9.96. The number of nitrogens with zero attached hydrogens (tertiary/aromatic N) is 1. The summed E-state index contributed by atoms with van der Waals surface area (Å²) in [5.41, 5.74) is 14.4. The molecule has 1 heterocycles. The van der Waals surface area contributed by atoms with E-state index in [1.54, 1.807) is 0 Å². The van der Waals surface area contributed by atoms with Crippen molar-refractivity contribution in [2.24, 2.45) is 0 Å². The average Bonchev–Trinajstić information content (AvgIpc) is 3.68. The van der Waals surface area contributed by atoms with E-state index in [-0.39, 0.29) is 0 Å². The van der Waals surface area contributed by atoms with Crippen LogP contribution in [0.15, 0.2) is 229 Å². The summed E-state index contributed by atoms with van der Waals surface area (Å²) in [5, 5.41) is 7.23. The molecule has 0 radical (unpaired) electrons. The molecule has 272 valence electrons. The van der Waals surface area contributed by atoms with Gasteiger partial charge < -0.3 is 9.32 Å². The van der Waals surface area contributed by atoms with Crippen molar-refractivity contribution in [3.63, 3.8) is 0 Å². The Morgan fingerprint density at radius 1 is 0.276 bits per heavy atom. The Morgan fingerprint density at radius 3 is 1.62 bits per heavy atom. The third kappa shape index (κ3) is 6.00. The predicted octanol–water partition coefficient (Wildman–Crippen LogP) is 16.0. The largest absolute Gasteiger partial charge is 0.455 e. The lowest BCUT2D eigenvalue weighted by Crippen LogP contribution is -2.10. The molecule has 0 N–H and O–H groups in total. The Kier molecular flexibility index (Phi) is 8.19. The fourth-order valence-corrected chi connectivity index (χ4v) is 8.57. The number of rotatable bonds is 7. The van der Waals surface area contributed by atoms with E-state index < -0.39 is 0 Å². The minimum Gasteiger partial charge on any atom is -0.455 e. The first kappa shape index (κ1) is 33.6. The third-order valence-corrected chi connectivity index (χ3v) is 11.4. The summed E-state index contributed by atoms with van der Waals surface area (Å²) in [4.78, 5) is 2.37. The van der Waals surface area contributed by atoms with Crippen LogP contribution in [0.25, 0.3) is 88.0 Å². The summed E-state index contributed by atoms with van der Waals surface area (Å²) < 4.78 is 6.44. The number of para-hydroxylation sites is 2. The van der Waals surface area contributed by atoms with E-state index in [1.165, 1.54) is 49.4 Å². The van der Waals surface area contributed by atoms with Crippen molar-refractivity contribution < 1.29 is 4.42 Å². The smallest absolute Gasteiger partial charge is 0.143 e. The van der Waals surface area contributed by atoms with Gasteiger partial charge in [-0.3, -0.25) is 0 Å². The molecule has 0 spiro atoms. The minimum absolute atomic E-state index is 0.904.